The van der Waals surface area contributed by atoms with E-state index in [1.807, 2.05) is 0 Å². The third-order valence-electron chi connectivity index (χ3n) is 5.88. The molecule has 0 heterocycles. The van der Waals surface area contributed by atoms with Gasteiger partial charge in [-0.05, 0) is 0 Å². The Morgan fingerprint density at radius 1 is 0.821 bits per heavy atom. The monoisotopic (exact) mass is 468 g/mol. The van der Waals surface area contributed by atoms with Crippen LogP contribution in [0.5, 0.6) is 0 Å². The Morgan fingerprint density at radius 3 is 1.64 bits per heavy atom. The smallest absolute Gasteiger partial charge is 1.00 e. The van der Waals surface area contributed by atoms with Gasteiger partial charge in [-0.25, -0.2) is 0 Å². The van der Waals surface area contributed by atoms with Crippen molar-refractivity contribution in [1.29, 1.82) is 0 Å². The Kier molecular flexibility index (Phi) is 11.4. The third-order valence-corrected chi connectivity index (χ3v) is 7.39. The average molecular weight is 470 g/mol. The van der Waals surface area contributed by atoms with Crippen LogP contribution in [-0.4, -0.2) is 0 Å². The van der Waals surface area contributed by atoms with Crippen molar-refractivity contribution in [3.63, 3.8) is 0 Å². The van der Waals surface area contributed by atoms with Gasteiger partial charge in [0.15, 0.2) is 0 Å². The predicted octanol–water partition coefficient (Wildman–Crippen LogP) is -2.21. The Morgan fingerprint density at radius 2 is 1.29 bits per heavy atom. The summed E-state index contributed by atoms with van der Waals surface area (Å²) in [6.07, 6.45) is 8.36. The topological polar surface area (TPSA) is 0 Å². The molecule has 0 bridgehead atoms. The zero-order valence-corrected chi connectivity index (χ0v) is 20.5. The molecule has 0 fully saturated rings. The van der Waals surface area contributed by atoms with Crippen LogP contribution in [0, 0.1) is 0 Å². The molecule has 1 aliphatic carbocycles. The summed E-state index contributed by atoms with van der Waals surface area (Å²) in [6.45, 7) is 6.86. The molecule has 0 spiro atoms. The van der Waals surface area contributed by atoms with Crippen molar-refractivity contribution in [2.75, 3.05) is 0 Å². The van der Waals surface area contributed by atoms with Gasteiger partial charge in [0.25, 0.3) is 0 Å². The number of rotatable bonds is 6. The molecule has 148 valence electrons. The van der Waals surface area contributed by atoms with E-state index in [1.54, 1.807) is 0 Å². The summed E-state index contributed by atoms with van der Waals surface area (Å²) < 4.78 is -0.00500. The average Bonchev–Trinajstić information content (AvgIpc) is 2.93. The molecule has 28 heavy (non-hydrogen) atoms. The quantitative estimate of drug-likeness (QED) is 0.421. The van der Waals surface area contributed by atoms with Crippen molar-refractivity contribution >= 4 is 0 Å². The van der Waals surface area contributed by atoms with Crippen molar-refractivity contribution < 1.29 is 57.7 Å². The van der Waals surface area contributed by atoms with Gasteiger partial charge in [0.1, 0.15) is 0 Å². The van der Waals surface area contributed by atoms with Crippen LogP contribution in [-0.2, 0) is 25.9 Å². The van der Waals surface area contributed by atoms with Crippen molar-refractivity contribution in [1.82, 2.24) is 0 Å². The number of benzene rings is 2. The zero-order chi connectivity index (χ0) is 17.9. The summed E-state index contributed by atoms with van der Waals surface area (Å²) >= 11 is 2.44. The fourth-order valence-electron chi connectivity index (χ4n) is 4.27. The standard InChI is InChI=1S/C24H27.3ClH.Ti/c1-4-5-18-24(21-12-8-6-9-13-21,22-14-10-7-11-15-22)23-17-16-19(2)20(23)3;;;;/h6-17H,4-5,18H2,1-3H3;3*1H;/q;;;;+3/p-3. The van der Waals surface area contributed by atoms with Gasteiger partial charge in [-0.3, -0.25) is 0 Å². The summed E-state index contributed by atoms with van der Waals surface area (Å²) in [5.41, 5.74) is 5.72. The molecule has 1 aliphatic rings. The second kappa shape index (κ2) is 11.6. The second-order valence-corrected chi connectivity index (χ2v) is 8.42. The Balaban J connectivity index is 0.00000243. The largest absolute Gasteiger partial charge is 1.00 e. The molecule has 1 unspecified atom stereocenters. The maximum absolute atomic E-state index is 2.45. The van der Waals surface area contributed by atoms with E-state index in [9.17, 15) is 0 Å². The van der Waals surface area contributed by atoms with Crippen molar-refractivity contribution in [3.8, 4) is 0 Å². The van der Waals surface area contributed by atoms with Crippen LogP contribution < -0.4 is 37.2 Å². The molecule has 1 atom stereocenters. The molecule has 0 aliphatic heterocycles. The predicted molar refractivity (Wildman–Crippen MR) is 103 cm³/mol. The number of halogens is 3. The van der Waals surface area contributed by atoms with Crippen LogP contribution in [0.3, 0.4) is 0 Å². The maximum atomic E-state index is 2.45. The SMILES string of the molecule is CCCCC(c1ccccc1)(c1ccccc1)[C]1([Ti+3])C=CC(C)=C1C.[Cl-].[Cl-].[Cl-]. The van der Waals surface area contributed by atoms with Crippen LogP contribution in [0.25, 0.3) is 0 Å². The van der Waals surface area contributed by atoms with E-state index in [0.29, 0.717) is 0 Å². The van der Waals surface area contributed by atoms with E-state index in [0.717, 1.165) is 6.42 Å². The first-order chi connectivity index (χ1) is 12.1. The minimum absolute atomic E-state index is 0. The summed E-state index contributed by atoms with van der Waals surface area (Å²) in [4.78, 5) is 0. The van der Waals surface area contributed by atoms with Gasteiger partial charge >= 0.3 is 165 Å². The second-order valence-electron chi connectivity index (χ2n) is 7.19. The third kappa shape index (κ3) is 4.63. The molecule has 0 nitrogen and oxygen atoms in total. The van der Waals surface area contributed by atoms with Gasteiger partial charge in [-0.15, -0.1) is 0 Å². The van der Waals surface area contributed by atoms with Gasteiger partial charge in [0.2, 0.25) is 0 Å². The molecule has 0 amide bonds. The molecule has 0 saturated heterocycles. The number of hydrogen-bond acceptors (Lipinski definition) is 0. The van der Waals surface area contributed by atoms with E-state index < -0.39 is 0 Å². The van der Waals surface area contributed by atoms with Crippen molar-refractivity contribution in [2.24, 2.45) is 0 Å². The minimum Gasteiger partial charge on any atom is -1.00 e. The molecule has 0 radical (unpaired) electrons. The maximum Gasteiger partial charge on any atom is -1.00 e. The summed E-state index contributed by atoms with van der Waals surface area (Å²) in [5, 5.41) is 0. The molecular weight excluding hydrogens is 442 g/mol. The first-order valence-electron chi connectivity index (χ1n) is 9.29. The van der Waals surface area contributed by atoms with Crippen molar-refractivity contribution in [2.45, 2.75) is 49.2 Å². The van der Waals surface area contributed by atoms with E-state index in [1.165, 1.54) is 35.1 Å². The Labute approximate surface area is 200 Å². The first-order valence-corrected chi connectivity index (χ1v) is 10.1. The summed E-state index contributed by atoms with van der Waals surface area (Å²) in [5.74, 6) is 0. The molecule has 0 N–H and O–H groups in total. The van der Waals surface area contributed by atoms with E-state index in [-0.39, 0.29) is 46.4 Å². The van der Waals surface area contributed by atoms with Crippen LogP contribution in [0.1, 0.15) is 51.2 Å². The van der Waals surface area contributed by atoms with Crippen LogP contribution in [0.4, 0.5) is 0 Å². The number of allylic oxidation sites excluding steroid dienone is 4. The van der Waals surface area contributed by atoms with Gasteiger partial charge in [-0.1, -0.05) is 0 Å². The van der Waals surface area contributed by atoms with E-state index in [2.05, 4.69) is 114 Å². The van der Waals surface area contributed by atoms with Gasteiger partial charge < -0.3 is 37.2 Å². The van der Waals surface area contributed by atoms with Gasteiger partial charge in [0.05, 0.1) is 0 Å². The minimum atomic E-state index is -0.0378. The molecular formula is C24H27Cl3Ti. The van der Waals surface area contributed by atoms with Crippen molar-refractivity contribution in [3.05, 3.63) is 95.1 Å². The number of hydrogen-bond donors (Lipinski definition) is 0. The fourth-order valence-corrected chi connectivity index (χ4v) is 5.35. The molecule has 2 aromatic rings. The molecule has 0 saturated carbocycles. The van der Waals surface area contributed by atoms with E-state index >= 15 is 0 Å². The van der Waals surface area contributed by atoms with E-state index in [4.69, 9.17) is 0 Å². The molecule has 2 aromatic carbocycles. The normalized spacial score (nSPS) is 18.2. The van der Waals surface area contributed by atoms with Crippen LogP contribution in [0.15, 0.2) is 84.0 Å². The Hall–Kier alpha value is -0.496. The molecule has 3 rings (SSSR count). The molecule has 4 heteroatoms. The molecule has 0 aromatic heterocycles. The van der Waals surface area contributed by atoms with Crippen LogP contribution >= 0.6 is 0 Å². The number of unbranched alkanes of at least 4 members (excludes halogenated alkanes) is 1. The van der Waals surface area contributed by atoms with Crippen LogP contribution in [0.2, 0.25) is 3.72 Å². The van der Waals surface area contributed by atoms with Gasteiger partial charge in [0, 0.05) is 0 Å². The van der Waals surface area contributed by atoms with Gasteiger partial charge in [-0.2, -0.15) is 0 Å². The Bertz CT molecular complexity index is 745. The first kappa shape index (κ1) is 27.5. The summed E-state index contributed by atoms with van der Waals surface area (Å²) in [7, 11) is 0. The summed E-state index contributed by atoms with van der Waals surface area (Å²) in [6, 6.07) is 22.3. The zero-order valence-electron chi connectivity index (χ0n) is 16.7. The fraction of sp³-hybridized carbons (Fsp3) is 0.333.